The molecule has 4 unspecified atom stereocenters. The highest BCUT2D eigenvalue weighted by Crippen LogP contribution is 2.49. The van der Waals surface area contributed by atoms with E-state index in [0.717, 1.165) is 16.7 Å². The molecule has 0 aromatic heterocycles. The molecule has 0 spiro atoms. The maximum Gasteiger partial charge on any atom is 0.242 e. The van der Waals surface area contributed by atoms with Gasteiger partial charge in [0, 0.05) is 23.0 Å². The van der Waals surface area contributed by atoms with Gasteiger partial charge in [-0.15, -0.1) is 0 Å². The molecule has 2 aliphatic heterocycles. The molecule has 5 rings (SSSR count). The molecule has 0 bridgehead atoms. The molecule has 2 aliphatic rings. The summed E-state index contributed by atoms with van der Waals surface area (Å²) in [7, 11) is 3.17. The Balaban J connectivity index is 1.50. The molecule has 0 aliphatic carbocycles. The Hall–Kier alpha value is -3.33. The Labute approximate surface area is 220 Å². The third-order valence-corrected chi connectivity index (χ3v) is 7.76. The molecule has 2 fully saturated rings. The number of rotatable bonds is 7. The van der Waals surface area contributed by atoms with Crippen LogP contribution in [0.4, 0.5) is 4.39 Å². The van der Waals surface area contributed by atoms with Gasteiger partial charge in [-0.1, -0.05) is 29.8 Å². The van der Waals surface area contributed by atoms with Gasteiger partial charge >= 0.3 is 0 Å². The summed E-state index contributed by atoms with van der Waals surface area (Å²) in [6.45, 7) is 2.27. The van der Waals surface area contributed by atoms with Crippen molar-refractivity contribution < 1.29 is 23.8 Å². The molecule has 4 atom stereocenters. The molecular weight excluding hydrogens is 497 g/mol. The van der Waals surface area contributed by atoms with Crippen LogP contribution in [0.1, 0.15) is 34.3 Å². The number of hydrogen-bond donors (Lipinski definition) is 3. The van der Waals surface area contributed by atoms with Crippen LogP contribution in [0.15, 0.2) is 54.6 Å². The second-order valence-electron chi connectivity index (χ2n) is 9.45. The van der Waals surface area contributed by atoms with Crippen LogP contribution in [-0.4, -0.2) is 42.7 Å². The highest BCUT2D eigenvalue weighted by molar-refractivity contribution is 6.31. The van der Waals surface area contributed by atoms with E-state index < -0.39 is 12.1 Å². The first kappa shape index (κ1) is 25.3. The number of ether oxygens (including phenoxy) is 2. The highest BCUT2D eigenvalue weighted by atomic mass is 35.5. The standard InChI is InChI=1S/C28H29ClFN3O4/c1-15-12-21(34)19(14-20(15)29)25-24-26(32-31-25)28(35)33(27(24)17-5-7-18(30)8-6-17)11-10-16-4-9-22(36-2)23(13-16)37-3/h4-9,12-14,24-27,31-32,34H,10-11H2,1-3H3. The Morgan fingerprint density at radius 1 is 1.00 bits per heavy atom. The van der Waals surface area contributed by atoms with Gasteiger partial charge in [0.05, 0.1) is 26.3 Å². The van der Waals surface area contributed by atoms with Crippen molar-refractivity contribution in [1.82, 2.24) is 15.8 Å². The van der Waals surface area contributed by atoms with Crippen LogP contribution in [0.25, 0.3) is 0 Å². The quantitative estimate of drug-likeness (QED) is 0.422. The van der Waals surface area contributed by atoms with Crippen LogP contribution < -0.4 is 20.3 Å². The molecule has 0 radical (unpaired) electrons. The highest BCUT2D eigenvalue weighted by Gasteiger charge is 2.55. The maximum atomic E-state index is 13.8. The number of phenols is 1. The van der Waals surface area contributed by atoms with Crippen molar-refractivity contribution >= 4 is 17.5 Å². The molecule has 9 heteroatoms. The lowest BCUT2D eigenvalue weighted by atomic mass is 9.83. The van der Waals surface area contributed by atoms with E-state index in [1.165, 1.54) is 12.1 Å². The number of aryl methyl sites for hydroxylation is 1. The fourth-order valence-corrected chi connectivity index (χ4v) is 5.66. The van der Waals surface area contributed by atoms with E-state index in [4.69, 9.17) is 21.1 Å². The average molecular weight is 526 g/mol. The van der Waals surface area contributed by atoms with Gasteiger partial charge in [-0.05, 0) is 66.4 Å². The number of carbonyl (C=O) groups excluding carboxylic acids is 1. The number of amides is 1. The van der Waals surface area contributed by atoms with Crippen molar-refractivity contribution in [3.8, 4) is 17.2 Å². The van der Waals surface area contributed by atoms with Gasteiger partial charge < -0.3 is 19.5 Å². The van der Waals surface area contributed by atoms with Crippen LogP contribution >= 0.6 is 11.6 Å². The van der Waals surface area contributed by atoms with Gasteiger partial charge in [0.2, 0.25) is 5.91 Å². The SMILES string of the molecule is COc1ccc(CCN2C(=O)C3NNC(c4cc(Cl)c(C)cc4O)C3C2c2ccc(F)cc2)cc1OC. The summed E-state index contributed by atoms with van der Waals surface area (Å²) in [5.41, 5.74) is 9.54. The van der Waals surface area contributed by atoms with E-state index in [9.17, 15) is 14.3 Å². The van der Waals surface area contributed by atoms with Gasteiger partial charge in [-0.25, -0.2) is 15.2 Å². The molecule has 2 heterocycles. The molecule has 194 valence electrons. The van der Waals surface area contributed by atoms with Crippen LogP contribution in [0.2, 0.25) is 5.02 Å². The zero-order valence-corrected chi connectivity index (χ0v) is 21.6. The second-order valence-corrected chi connectivity index (χ2v) is 9.86. The van der Waals surface area contributed by atoms with Crippen molar-refractivity contribution in [2.75, 3.05) is 20.8 Å². The Kier molecular flexibility index (Phi) is 6.98. The fraction of sp³-hybridized carbons (Fsp3) is 0.321. The number of fused-ring (bicyclic) bond motifs is 1. The van der Waals surface area contributed by atoms with Gasteiger partial charge in [0.1, 0.15) is 17.6 Å². The first-order valence-corrected chi connectivity index (χ1v) is 12.5. The second kappa shape index (κ2) is 10.2. The van der Waals surface area contributed by atoms with E-state index in [-0.39, 0.29) is 29.4 Å². The van der Waals surface area contributed by atoms with Gasteiger partial charge in [-0.3, -0.25) is 4.79 Å². The number of methoxy groups -OCH3 is 2. The van der Waals surface area contributed by atoms with Gasteiger partial charge in [0.25, 0.3) is 0 Å². The first-order valence-electron chi connectivity index (χ1n) is 12.1. The Morgan fingerprint density at radius 3 is 2.41 bits per heavy atom. The minimum Gasteiger partial charge on any atom is -0.508 e. The van der Waals surface area contributed by atoms with Gasteiger partial charge in [-0.2, -0.15) is 0 Å². The number of hydrogen-bond acceptors (Lipinski definition) is 6. The molecule has 1 amide bonds. The van der Waals surface area contributed by atoms with Crippen molar-refractivity contribution in [2.24, 2.45) is 5.92 Å². The van der Waals surface area contributed by atoms with Crippen LogP contribution in [0, 0.1) is 18.7 Å². The van der Waals surface area contributed by atoms with Crippen molar-refractivity contribution in [3.63, 3.8) is 0 Å². The molecule has 0 saturated carbocycles. The molecule has 2 saturated heterocycles. The Morgan fingerprint density at radius 2 is 1.70 bits per heavy atom. The van der Waals surface area contributed by atoms with Crippen molar-refractivity contribution in [1.29, 1.82) is 0 Å². The lowest BCUT2D eigenvalue weighted by Crippen LogP contribution is -2.42. The summed E-state index contributed by atoms with van der Waals surface area (Å²) in [5, 5.41) is 11.3. The lowest BCUT2D eigenvalue weighted by molar-refractivity contribution is -0.130. The molecule has 7 nitrogen and oxygen atoms in total. The number of aromatic hydroxyl groups is 1. The molecule has 3 aromatic carbocycles. The lowest BCUT2D eigenvalue weighted by Gasteiger charge is -2.31. The normalized spacial score (nSPS) is 22.8. The maximum absolute atomic E-state index is 13.8. The monoisotopic (exact) mass is 525 g/mol. The zero-order valence-electron chi connectivity index (χ0n) is 20.8. The van der Waals surface area contributed by atoms with Crippen molar-refractivity contribution in [2.45, 2.75) is 31.5 Å². The predicted molar refractivity (Wildman–Crippen MR) is 138 cm³/mol. The summed E-state index contributed by atoms with van der Waals surface area (Å²) in [5.74, 6) is 0.689. The largest absolute Gasteiger partial charge is 0.508 e. The number of nitrogens with zero attached hydrogens (tertiary/aromatic N) is 1. The number of halogens is 2. The number of benzene rings is 3. The number of phenolic OH excluding ortho intramolecular Hbond substituents is 1. The van der Waals surface area contributed by atoms with Gasteiger partial charge in [0.15, 0.2) is 11.5 Å². The number of carbonyl (C=O) groups is 1. The van der Waals surface area contributed by atoms with E-state index >= 15 is 0 Å². The third kappa shape index (κ3) is 4.61. The average Bonchev–Trinajstić information content (AvgIpc) is 3.44. The summed E-state index contributed by atoms with van der Waals surface area (Å²) in [6, 6.07) is 14.0. The third-order valence-electron chi connectivity index (χ3n) is 7.36. The number of hydrazine groups is 1. The minimum absolute atomic E-state index is 0.0625. The fourth-order valence-electron chi connectivity index (χ4n) is 5.49. The first-order chi connectivity index (χ1) is 17.8. The van der Waals surface area contributed by atoms with Crippen LogP contribution in [0.5, 0.6) is 17.2 Å². The smallest absolute Gasteiger partial charge is 0.242 e. The molecule has 37 heavy (non-hydrogen) atoms. The summed E-state index contributed by atoms with van der Waals surface area (Å²) in [4.78, 5) is 15.5. The molecular formula is C28H29ClFN3O4. The summed E-state index contributed by atoms with van der Waals surface area (Å²) in [6.07, 6.45) is 0.586. The summed E-state index contributed by atoms with van der Waals surface area (Å²) < 4.78 is 24.6. The predicted octanol–water partition coefficient (Wildman–Crippen LogP) is 4.47. The van der Waals surface area contributed by atoms with Crippen molar-refractivity contribution in [3.05, 3.63) is 87.7 Å². The van der Waals surface area contributed by atoms with E-state index in [0.29, 0.717) is 35.1 Å². The Bertz CT molecular complexity index is 1320. The van der Waals surface area contributed by atoms with Crippen LogP contribution in [-0.2, 0) is 11.2 Å². The minimum atomic E-state index is -0.523. The van der Waals surface area contributed by atoms with E-state index in [1.54, 1.807) is 38.5 Å². The van der Waals surface area contributed by atoms with Crippen LogP contribution in [0.3, 0.4) is 0 Å². The van der Waals surface area contributed by atoms with E-state index in [2.05, 4.69) is 10.9 Å². The molecule has 3 N–H and O–H groups in total. The topological polar surface area (TPSA) is 83.1 Å². The van der Waals surface area contributed by atoms with E-state index in [1.807, 2.05) is 30.0 Å². The summed E-state index contributed by atoms with van der Waals surface area (Å²) >= 11 is 6.40. The number of nitrogens with one attached hydrogen (secondary N) is 2. The molecule has 3 aromatic rings. The number of likely N-dealkylation sites (tertiary alicyclic amines) is 1. The zero-order chi connectivity index (χ0) is 26.3.